The molecule has 1 aromatic carbocycles. The van der Waals surface area contributed by atoms with Gasteiger partial charge in [0.15, 0.2) is 15.4 Å². The summed E-state index contributed by atoms with van der Waals surface area (Å²) in [7, 11) is -3.16. The fraction of sp³-hybridized carbons (Fsp3) is 0.500. The molecule has 116 valence electrons. The van der Waals surface area contributed by atoms with Crippen molar-refractivity contribution in [2.45, 2.75) is 36.9 Å². The van der Waals surface area contributed by atoms with Crippen LogP contribution in [0.25, 0.3) is 11.1 Å². The summed E-state index contributed by atoms with van der Waals surface area (Å²) in [5.74, 6) is -0.383. The maximum atomic E-state index is 11.8. The van der Waals surface area contributed by atoms with Crippen LogP contribution in [0.15, 0.2) is 27.4 Å². The SMILES string of the molecule is CCCn1c(=O)oc2cc(C(Br)C(C)S(C)(=O)=O)ccc21. The number of hydrogen-bond donors (Lipinski definition) is 0. The number of aryl methyl sites for hydroxylation is 1. The Kier molecular flexibility index (Phi) is 4.63. The minimum absolute atomic E-state index is 0.350. The topological polar surface area (TPSA) is 69.3 Å². The van der Waals surface area contributed by atoms with Crippen molar-refractivity contribution in [1.82, 2.24) is 4.57 Å². The first-order chi connectivity index (χ1) is 9.75. The van der Waals surface area contributed by atoms with Crippen LogP contribution >= 0.6 is 15.9 Å². The predicted molar refractivity (Wildman–Crippen MR) is 86.7 cm³/mol. The smallest absolute Gasteiger partial charge is 0.408 e. The number of hydrogen-bond acceptors (Lipinski definition) is 4. The predicted octanol–water partition coefficient (Wildman–Crippen LogP) is 2.87. The van der Waals surface area contributed by atoms with Gasteiger partial charge in [-0.05, 0) is 31.0 Å². The van der Waals surface area contributed by atoms with Gasteiger partial charge in [0.25, 0.3) is 0 Å². The zero-order chi connectivity index (χ0) is 15.8. The maximum absolute atomic E-state index is 11.8. The first kappa shape index (κ1) is 16.3. The van der Waals surface area contributed by atoms with E-state index >= 15 is 0 Å². The third-order valence-corrected chi connectivity index (χ3v) is 6.84. The molecule has 0 saturated carbocycles. The van der Waals surface area contributed by atoms with Gasteiger partial charge in [0, 0.05) is 12.8 Å². The fourth-order valence-corrected chi connectivity index (χ4v) is 4.23. The Morgan fingerprint density at radius 2 is 2.05 bits per heavy atom. The van der Waals surface area contributed by atoms with E-state index in [1.807, 2.05) is 13.0 Å². The molecule has 5 nitrogen and oxygen atoms in total. The van der Waals surface area contributed by atoms with Crippen LogP contribution in [0.5, 0.6) is 0 Å². The van der Waals surface area contributed by atoms with Crippen LogP contribution in [0.2, 0.25) is 0 Å². The van der Waals surface area contributed by atoms with Crippen molar-refractivity contribution in [3.05, 3.63) is 34.3 Å². The normalized spacial score (nSPS) is 15.2. The molecular weight excluding hydrogens is 358 g/mol. The lowest BCUT2D eigenvalue weighted by atomic mass is 10.1. The minimum Gasteiger partial charge on any atom is -0.408 e. The lowest BCUT2D eigenvalue weighted by Crippen LogP contribution is -2.20. The Labute approximate surface area is 132 Å². The number of aromatic nitrogens is 1. The number of fused-ring (bicyclic) bond motifs is 1. The van der Waals surface area contributed by atoms with Crippen molar-refractivity contribution in [2.24, 2.45) is 0 Å². The molecule has 0 aliphatic rings. The Hall–Kier alpha value is -1.08. The lowest BCUT2D eigenvalue weighted by Gasteiger charge is -2.16. The van der Waals surface area contributed by atoms with Gasteiger partial charge in [0.05, 0.1) is 15.6 Å². The quantitative estimate of drug-likeness (QED) is 0.753. The lowest BCUT2D eigenvalue weighted by molar-refractivity contribution is 0.502. The number of benzene rings is 1. The molecule has 1 heterocycles. The second-order valence-electron chi connectivity index (χ2n) is 5.18. The second kappa shape index (κ2) is 5.96. The van der Waals surface area contributed by atoms with Crippen molar-refractivity contribution in [1.29, 1.82) is 0 Å². The summed E-state index contributed by atoms with van der Waals surface area (Å²) in [6, 6.07) is 5.35. The molecule has 2 unspecified atom stereocenters. The summed E-state index contributed by atoms with van der Waals surface area (Å²) in [5.41, 5.74) is 1.99. The van der Waals surface area contributed by atoms with Gasteiger partial charge in [0.1, 0.15) is 0 Å². The highest BCUT2D eigenvalue weighted by atomic mass is 79.9. The number of sulfone groups is 1. The summed E-state index contributed by atoms with van der Waals surface area (Å²) < 4.78 is 30.1. The highest BCUT2D eigenvalue weighted by molar-refractivity contribution is 9.09. The zero-order valence-electron chi connectivity index (χ0n) is 12.2. The first-order valence-corrected chi connectivity index (χ1v) is 9.59. The molecule has 7 heteroatoms. The molecule has 2 rings (SSSR count). The van der Waals surface area contributed by atoms with Gasteiger partial charge in [-0.15, -0.1) is 0 Å². The molecular formula is C14H18BrNO4S. The summed E-state index contributed by atoms with van der Waals surface area (Å²) >= 11 is 3.42. The van der Waals surface area contributed by atoms with Crippen LogP contribution in [0, 0.1) is 0 Å². The third kappa shape index (κ3) is 3.23. The van der Waals surface area contributed by atoms with Gasteiger partial charge in [-0.2, -0.15) is 0 Å². The van der Waals surface area contributed by atoms with Crippen LogP contribution in [0.4, 0.5) is 0 Å². The van der Waals surface area contributed by atoms with Crippen molar-refractivity contribution < 1.29 is 12.8 Å². The number of nitrogens with zero attached hydrogens (tertiary/aromatic N) is 1. The maximum Gasteiger partial charge on any atom is 0.419 e. The fourth-order valence-electron chi connectivity index (χ4n) is 2.18. The molecule has 0 aliphatic carbocycles. The van der Waals surface area contributed by atoms with Crippen LogP contribution in [-0.2, 0) is 16.4 Å². The van der Waals surface area contributed by atoms with Crippen LogP contribution in [0.1, 0.15) is 30.7 Å². The van der Waals surface area contributed by atoms with E-state index in [1.54, 1.807) is 23.6 Å². The van der Waals surface area contributed by atoms with Crippen molar-refractivity contribution in [2.75, 3.05) is 6.26 Å². The number of halogens is 1. The molecule has 2 atom stereocenters. The minimum atomic E-state index is -3.16. The van der Waals surface area contributed by atoms with E-state index in [9.17, 15) is 13.2 Å². The second-order valence-corrected chi connectivity index (χ2v) is 8.57. The van der Waals surface area contributed by atoms with Gasteiger partial charge < -0.3 is 4.42 Å². The Balaban J connectivity index is 2.47. The molecule has 21 heavy (non-hydrogen) atoms. The van der Waals surface area contributed by atoms with E-state index in [1.165, 1.54) is 6.26 Å². The monoisotopic (exact) mass is 375 g/mol. The van der Waals surface area contributed by atoms with E-state index in [0.717, 1.165) is 17.5 Å². The largest absolute Gasteiger partial charge is 0.419 e. The first-order valence-electron chi connectivity index (χ1n) is 6.72. The molecule has 0 N–H and O–H groups in total. The summed E-state index contributed by atoms with van der Waals surface area (Å²) in [6.45, 7) is 4.24. The molecule has 2 aromatic rings. The number of oxazole rings is 1. The average Bonchev–Trinajstić information content (AvgIpc) is 2.72. The molecule has 0 fully saturated rings. The van der Waals surface area contributed by atoms with Crippen LogP contribution in [-0.4, -0.2) is 24.5 Å². The molecule has 0 bridgehead atoms. The average molecular weight is 376 g/mol. The number of alkyl halides is 1. The van der Waals surface area contributed by atoms with Gasteiger partial charge >= 0.3 is 5.76 Å². The Bertz CT molecular complexity index is 806. The van der Waals surface area contributed by atoms with Crippen molar-refractivity contribution >= 4 is 36.9 Å². The van der Waals surface area contributed by atoms with E-state index in [2.05, 4.69) is 15.9 Å². The van der Waals surface area contributed by atoms with Gasteiger partial charge in [-0.1, -0.05) is 28.9 Å². The van der Waals surface area contributed by atoms with E-state index in [-0.39, 0.29) is 10.6 Å². The molecule has 1 aromatic heterocycles. The summed E-state index contributed by atoms with van der Waals surface area (Å²) in [6.07, 6.45) is 2.05. The number of rotatable bonds is 5. The highest BCUT2D eigenvalue weighted by Crippen LogP contribution is 2.32. The molecule has 0 radical (unpaired) electrons. The van der Waals surface area contributed by atoms with Crippen molar-refractivity contribution in [3.8, 4) is 0 Å². The summed E-state index contributed by atoms with van der Waals surface area (Å²) in [4.78, 5) is 11.4. The van der Waals surface area contributed by atoms with Gasteiger partial charge in [-0.3, -0.25) is 4.57 Å². The standard InChI is InChI=1S/C14H18BrNO4S/c1-4-7-16-11-6-5-10(8-12(11)20-14(16)17)13(15)9(2)21(3,18)19/h5-6,8-9,13H,4,7H2,1-3H3. The third-order valence-electron chi connectivity index (χ3n) is 3.55. The van der Waals surface area contributed by atoms with E-state index in [0.29, 0.717) is 12.1 Å². The van der Waals surface area contributed by atoms with E-state index in [4.69, 9.17) is 4.42 Å². The van der Waals surface area contributed by atoms with Gasteiger partial charge in [0.2, 0.25) is 0 Å². The highest BCUT2D eigenvalue weighted by Gasteiger charge is 2.25. The van der Waals surface area contributed by atoms with E-state index < -0.39 is 15.1 Å². The van der Waals surface area contributed by atoms with Crippen molar-refractivity contribution in [3.63, 3.8) is 0 Å². The Morgan fingerprint density at radius 1 is 1.38 bits per heavy atom. The Morgan fingerprint density at radius 3 is 2.62 bits per heavy atom. The molecule has 0 saturated heterocycles. The molecule has 0 amide bonds. The summed E-state index contributed by atoms with van der Waals surface area (Å²) in [5, 5.41) is -0.570. The molecule has 0 spiro atoms. The zero-order valence-corrected chi connectivity index (χ0v) is 14.6. The van der Waals surface area contributed by atoms with Crippen LogP contribution in [0.3, 0.4) is 0 Å². The van der Waals surface area contributed by atoms with Gasteiger partial charge in [-0.25, -0.2) is 13.2 Å². The van der Waals surface area contributed by atoms with Crippen LogP contribution < -0.4 is 5.76 Å². The molecule has 0 aliphatic heterocycles.